The number of fused-ring (bicyclic) bond motifs is 5. The fourth-order valence-corrected chi connectivity index (χ4v) is 9.48. The van der Waals surface area contributed by atoms with Crippen molar-refractivity contribution in [2.75, 3.05) is 13.1 Å². The van der Waals surface area contributed by atoms with Gasteiger partial charge in [-0.3, -0.25) is 0 Å². The first-order valence-electron chi connectivity index (χ1n) is 13.7. The average molecular weight is 463 g/mol. The van der Waals surface area contributed by atoms with Gasteiger partial charge in [-0.05, 0) is 112 Å². The molecule has 0 aromatic rings. The Bertz CT molecular complexity index is 752. The quantitative estimate of drug-likeness (QED) is 0.575. The summed E-state index contributed by atoms with van der Waals surface area (Å²) in [5.74, 6) is 2.10. The summed E-state index contributed by atoms with van der Waals surface area (Å²) in [6.07, 6.45) is 10.4. The zero-order chi connectivity index (χ0) is 23.6. The van der Waals surface area contributed by atoms with Gasteiger partial charge >= 0.3 is 6.09 Å². The lowest BCUT2D eigenvalue weighted by Crippen LogP contribution is -2.67. The number of carbonyl (C=O) groups is 1. The first kappa shape index (κ1) is 23.9. The number of hydrogen-bond donors (Lipinski definition) is 3. The number of ether oxygens (including phenoxy) is 1. The second-order valence-electron chi connectivity index (χ2n) is 12.9. The largest absolute Gasteiger partial charge is 0.446 e. The van der Waals surface area contributed by atoms with Gasteiger partial charge in [0.05, 0.1) is 12.2 Å². The van der Waals surface area contributed by atoms with Crippen LogP contribution < -0.4 is 5.73 Å². The molecule has 6 heteroatoms. The van der Waals surface area contributed by atoms with Crippen LogP contribution in [0, 0.1) is 34.5 Å². The molecule has 0 radical (unpaired) electrons. The van der Waals surface area contributed by atoms with Gasteiger partial charge in [0.1, 0.15) is 6.10 Å². The van der Waals surface area contributed by atoms with Gasteiger partial charge in [0.25, 0.3) is 0 Å². The average Bonchev–Trinajstić information content (AvgIpc) is 3.06. The Morgan fingerprint density at radius 2 is 1.73 bits per heavy atom. The van der Waals surface area contributed by atoms with E-state index in [1.54, 1.807) is 4.90 Å². The topological polar surface area (TPSA) is 96.0 Å². The number of aliphatic hydroxyl groups excluding tert-OH is 2. The Kier molecular flexibility index (Phi) is 6.06. The lowest BCUT2D eigenvalue weighted by molar-refractivity contribution is -0.142. The molecule has 188 valence electrons. The molecule has 1 aliphatic heterocycles. The molecule has 33 heavy (non-hydrogen) atoms. The van der Waals surface area contributed by atoms with Crippen molar-refractivity contribution in [3.8, 4) is 0 Å². The molecule has 4 saturated carbocycles. The number of likely N-dealkylation sites (tertiary alicyclic amines) is 1. The Labute approximate surface area is 199 Å². The Hall–Kier alpha value is -0.850. The van der Waals surface area contributed by atoms with E-state index in [0.717, 1.165) is 38.5 Å². The summed E-state index contributed by atoms with van der Waals surface area (Å²) >= 11 is 0. The second kappa shape index (κ2) is 8.37. The van der Waals surface area contributed by atoms with E-state index in [1.807, 2.05) is 6.92 Å². The number of hydrogen-bond acceptors (Lipinski definition) is 5. The Morgan fingerprint density at radius 1 is 1.00 bits per heavy atom. The third kappa shape index (κ3) is 3.65. The van der Waals surface area contributed by atoms with E-state index in [4.69, 9.17) is 10.5 Å². The molecule has 1 unspecified atom stereocenters. The lowest BCUT2D eigenvalue weighted by atomic mass is 9.42. The van der Waals surface area contributed by atoms with E-state index in [2.05, 4.69) is 13.8 Å². The number of rotatable bonds is 2. The van der Waals surface area contributed by atoms with Crippen molar-refractivity contribution in [2.24, 2.45) is 40.2 Å². The monoisotopic (exact) mass is 462 g/mol. The fourth-order valence-electron chi connectivity index (χ4n) is 9.48. The van der Waals surface area contributed by atoms with Crippen LogP contribution >= 0.6 is 0 Å². The minimum absolute atomic E-state index is 0.0192. The number of piperidine rings is 1. The number of aliphatic hydroxyl groups is 2. The van der Waals surface area contributed by atoms with Crippen molar-refractivity contribution in [3.63, 3.8) is 0 Å². The molecule has 5 aliphatic rings. The summed E-state index contributed by atoms with van der Waals surface area (Å²) in [7, 11) is 0. The van der Waals surface area contributed by atoms with Gasteiger partial charge in [-0.15, -0.1) is 0 Å². The second-order valence-corrected chi connectivity index (χ2v) is 12.9. The van der Waals surface area contributed by atoms with E-state index < -0.39 is 0 Å². The van der Waals surface area contributed by atoms with Crippen LogP contribution in [-0.2, 0) is 4.74 Å². The predicted octanol–water partition coefficient (Wildman–Crippen LogP) is 4.07. The third-order valence-corrected chi connectivity index (χ3v) is 11.6. The smallest absolute Gasteiger partial charge is 0.410 e. The van der Waals surface area contributed by atoms with Gasteiger partial charge in [0.2, 0.25) is 0 Å². The molecule has 5 fully saturated rings. The van der Waals surface area contributed by atoms with E-state index in [-0.39, 0.29) is 40.8 Å². The van der Waals surface area contributed by atoms with Crippen LogP contribution in [0.2, 0.25) is 0 Å². The van der Waals surface area contributed by atoms with Gasteiger partial charge < -0.3 is 25.6 Å². The van der Waals surface area contributed by atoms with Crippen LogP contribution in [0.4, 0.5) is 4.79 Å². The summed E-state index contributed by atoms with van der Waals surface area (Å²) in [6, 6.07) is 0. The molecule has 9 atom stereocenters. The Balaban J connectivity index is 1.26. The normalized spacial score (nSPS) is 49.0. The predicted molar refractivity (Wildman–Crippen MR) is 127 cm³/mol. The van der Waals surface area contributed by atoms with Crippen LogP contribution in [-0.4, -0.2) is 58.1 Å². The first-order chi connectivity index (χ1) is 15.6. The molecular formula is C27H46N2O4. The molecule has 0 aromatic carbocycles. The molecule has 0 spiro atoms. The zero-order valence-corrected chi connectivity index (χ0v) is 21.0. The van der Waals surface area contributed by atoms with Gasteiger partial charge in [-0.25, -0.2) is 4.79 Å². The highest BCUT2D eigenvalue weighted by molar-refractivity contribution is 5.68. The van der Waals surface area contributed by atoms with Crippen molar-refractivity contribution in [2.45, 2.75) is 115 Å². The summed E-state index contributed by atoms with van der Waals surface area (Å²) in [6.45, 7) is 8.04. The Morgan fingerprint density at radius 3 is 2.42 bits per heavy atom. The first-order valence-corrected chi connectivity index (χ1v) is 13.7. The summed E-state index contributed by atoms with van der Waals surface area (Å²) in [5, 5.41) is 20.2. The maximum absolute atomic E-state index is 12.7. The van der Waals surface area contributed by atoms with Crippen LogP contribution in [0.15, 0.2) is 0 Å². The minimum atomic E-state index is -0.280. The number of nitrogens with zero attached hydrogens (tertiary/aromatic N) is 1. The van der Waals surface area contributed by atoms with E-state index in [9.17, 15) is 15.0 Å². The van der Waals surface area contributed by atoms with E-state index in [1.165, 1.54) is 19.3 Å². The van der Waals surface area contributed by atoms with Crippen LogP contribution in [0.1, 0.15) is 91.4 Å². The highest BCUT2D eigenvalue weighted by Gasteiger charge is 2.66. The summed E-state index contributed by atoms with van der Waals surface area (Å²) < 4.78 is 5.99. The number of amides is 1. The van der Waals surface area contributed by atoms with Gasteiger partial charge in [0, 0.05) is 18.6 Å². The molecule has 4 aliphatic carbocycles. The fraction of sp³-hybridized carbons (Fsp3) is 0.963. The van der Waals surface area contributed by atoms with Crippen molar-refractivity contribution in [3.05, 3.63) is 0 Å². The van der Waals surface area contributed by atoms with Crippen molar-refractivity contribution in [1.29, 1.82) is 0 Å². The molecule has 0 aromatic heterocycles. The van der Waals surface area contributed by atoms with Crippen LogP contribution in [0.25, 0.3) is 0 Å². The number of nitrogens with two attached hydrogens (primary N) is 1. The maximum Gasteiger partial charge on any atom is 0.410 e. The van der Waals surface area contributed by atoms with Crippen LogP contribution in [0.5, 0.6) is 0 Å². The van der Waals surface area contributed by atoms with E-state index in [0.29, 0.717) is 49.6 Å². The van der Waals surface area contributed by atoms with Gasteiger partial charge in [-0.2, -0.15) is 0 Å². The molecule has 0 bridgehead atoms. The molecule has 1 saturated heterocycles. The minimum Gasteiger partial charge on any atom is -0.446 e. The highest BCUT2D eigenvalue weighted by Crippen LogP contribution is 2.68. The van der Waals surface area contributed by atoms with Gasteiger partial charge in [0.15, 0.2) is 0 Å². The molecular weight excluding hydrogens is 416 g/mol. The van der Waals surface area contributed by atoms with Crippen LogP contribution in [0.3, 0.4) is 0 Å². The standard InChI is InChI=1S/C27H46N2O4/c1-17(30)21-8-13-27(28)23-5-4-18-16-20(33-24(32)29-14-9-19(31)10-15-29)6-11-25(18,2)22(23)7-12-26(21,27)3/h17-23,30-31H,4-16,28H2,1-3H3/t17-,18?,20-,21+,22-,23+,25-,26+,27-/m0/s1. The van der Waals surface area contributed by atoms with E-state index >= 15 is 0 Å². The molecule has 5 rings (SSSR count). The summed E-state index contributed by atoms with van der Waals surface area (Å²) in [5.41, 5.74) is 7.50. The number of carbonyl (C=O) groups excluding carboxylic acids is 1. The molecule has 1 amide bonds. The SMILES string of the molecule is C[C@H](O)[C@H]1CC[C@]2(N)[C@@H]3CCC4C[C@@H](OC(=O)N5CCC(O)CC5)CC[C@]4(C)[C@H]3CC[C@]12C. The molecule has 6 nitrogen and oxygen atoms in total. The van der Waals surface area contributed by atoms with Crippen molar-refractivity contribution < 1.29 is 19.7 Å². The maximum atomic E-state index is 12.7. The molecule has 4 N–H and O–H groups in total. The van der Waals surface area contributed by atoms with Crippen molar-refractivity contribution in [1.82, 2.24) is 4.90 Å². The lowest BCUT2D eigenvalue weighted by Gasteiger charge is -2.64. The zero-order valence-electron chi connectivity index (χ0n) is 21.0. The van der Waals surface area contributed by atoms with Crippen molar-refractivity contribution >= 4 is 6.09 Å². The summed E-state index contributed by atoms with van der Waals surface area (Å²) in [4.78, 5) is 14.5. The highest BCUT2D eigenvalue weighted by atomic mass is 16.6. The van der Waals surface area contributed by atoms with Gasteiger partial charge in [-0.1, -0.05) is 13.8 Å². The molecule has 1 heterocycles. The third-order valence-electron chi connectivity index (χ3n) is 11.6.